The monoisotopic (exact) mass is 412 g/mol. The number of halogens is 2. The largest absolute Gasteiger partial charge is 0.319 e. The number of aromatic nitrogens is 3. The molecule has 0 atom stereocenters. The fourth-order valence-corrected chi connectivity index (χ4v) is 3.36. The van der Waals surface area contributed by atoms with E-state index in [4.69, 9.17) is 11.6 Å². The summed E-state index contributed by atoms with van der Waals surface area (Å²) in [5, 5.41) is 4.53. The van der Waals surface area contributed by atoms with E-state index >= 15 is 0 Å². The Morgan fingerprint density at radius 2 is 1.93 bits per heavy atom. The Labute approximate surface area is 169 Å². The first-order valence-corrected chi connectivity index (χ1v) is 9.91. The molecule has 4 rings (SSSR count). The van der Waals surface area contributed by atoms with Gasteiger partial charge in [0.1, 0.15) is 17.2 Å². The molecular weight excluding hydrogens is 399 g/mol. The standard InChI is InChI=1S/C20H14ClFN4OS/c1-28-20-23-11-12-10-17(19(27)24-16-5-3-2-4-15(16)21)26(18(12)25-20)14-8-6-13(22)7-9-14/h2-11H,1H3,(H,24,27). The lowest BCUT2D eigenvalue weighted by Gasteiger charge is -2.11. The van der Waals surface area contributed by atoms with Crippen LogP contribution in [-0.4, -0.2) is 26.7 Å². The van der Waals surface area contributed by atoms with Crippen molar-refractivity contribution in [3.05, 3.63) is 77.3 Å². The number of fused-ring (bicyclic) bond motifs is 1. The molecule has 140 valence electrons. The molecule has 8 heteroatoms. The van der Waals surface area contributed by atoms with E-state index in [0.717, 1.165) is 0 Å². The highest BCUT2D eigenvalue weighted by atomic mass is 35.5. The topological polar surface area (TPSA) is 59.8 Å². The Balaban J connectivity index is 1.87. The molecule has 1 amide bonds. The van der Waals surface area contributed by atoms with Crippen LogP contribution in [0, 0.1) is 5.82 Å². The molecule has 0 bridgehead atoms. The Morgan fingerprint density at radius 3 is 2.64 bits per heavy atom. The Kier molecular flexibility index (Phi) is 5.02. The number of nitrogens with one attached hydrogen (secondary N) is 1. The van der Waals surface area contributed by atoms with Crippen LogP contribution in [0.15, 0.2) is 66.0 Å². The zero-order valence-electron chi connectivity index (χ0n) is 14.7. The summed E-state index contributed by atoms with van der Waals surface area (Å²) in [5.41, 5.74) is 2.02. The number of amides is 1. The van der Waals surface area contributed by atoms with Gasteiger partial charge >= 0.3 is 0 Å². The number of rotatable bonds is 4. The number of hydrogen-bond donors (Lipinski definition) is 1. The van der Waals surface area contributed by atoms with E-state index in [2.05, 4.69) is 15.3 Å². The number of anilines is 1. The van der Waals surface area contributed by atoms with Crippen LogP contribution in [0.2, 0.25) is 5.02 Å². The van der Waals surface area contributed by atoms with Gasteiger partial charge in [-0.15, -0.1) is 0 Å². The van der Waals surface area contributed by atoms with Crippen molar-refractivity contribution < 1.29 is 9.18 Å². The maximum atomic E-state index is 13.4. The van der Waals surface area contributed by atoms with Gasteiger partial charge in [-0.25, -0.2) is 14.4 Å². The quantitative estimate of drug-likeness (QED) is 0.370. The van der Waals surface area contributed by atoms with E-state index in [1.165, 1.54) is 23.9 Å². The average Bonchev–Trinajstić information content (AvgIpc) is 3.09. The second-order valence-electron chi connectivity index (χ2n) is 5.91. The summed E-state index contributed by atoms with van der Waals surface area (Å²) in [6, 6.07) is 14.6. The van der Waals surface area contributed by atoms with E-state index in [0.29, 0.717) is 38.3 Å². The molecule has 0 spiro atoms. The summed E-state index contributed by atoms with van der Waals surface area (Å²) in [5.74, 6) is -0.720. The van der Waals surface area contributed by atoms with Gasteiger partial charge in [0.15, 0.2) is 5.16 Å². The summed E-state index contributed by atoms with van der Waals surface area (Å²) >= 11 is 7.56. The number of thioether (sulfide) groups is 1. The maximum absolute atomic E-state index is 13.4. The third-order valence-corrected chi connectivity index (χ3v) is 5.03. The zero-order chi connectivity index (χ0) is 19.7. The van der Waals surface area contributed by atoms with Crippen molar-refractivity contribution in [1.82, 2.24) is 14.5 Å². The van der Waals surface area contributed by atoms with E-state index < -0.39 is 0 Å². The molecule has 1 N–H and O–H groups in total. The van der Waals surface area contributed by atoms with Crippen molar-refractivity contribution in [2.75, 3.05) is 11.6 Å². The number of hydrogen-bond acceptors (Lipinski definition) is 4. The first-order chi connectivity index (χ1) is 13.6. The van der Waals surface area contributed by atoms with Crippen molar-refractivity contribution in [3.8, 4) is 5.69 Å². The number of carbonyl (C=O) groups is 1. The predicted molar refractivity (Wildman–Crippen MR) is 110 cm³/mol. The molecule has 2 aromatic heterocycles. The third-order valence-electron chi connectivity index (χ3n) is 4.14. The van der Waals surface area contributed by atoms with E-state index in [-0.39, 0.29) is 11.7 Å². The minimum absolute atomic E-state index is 0.342. The average molecular weight is 413 g/mol. The first kappa shape index (κ1) is 18.5. The van der Waals surface area contributed by atoms with Crippen LogP contribution in [0.3, 0.4) is 0 Å². The third kappa shape index (κ3) is 3.46. The normalized spacial score (nSPS) is 11.0. The van der Waals surface area contributed by atoms with Crippen LogP contribution in [0.1, 0.15) is 10.5 Å². The molecule has 5 nitrogen and oxygen atoms in total. The molecule has 0 aliphatic rings. The van der Waals surface area contributed by atoms with Gasteiger partial charge in [-0.3, -0.25) is 9.36 Å². The van der Waals surface area contributed by atoms with Gasteiger partial charge in [0.05, 0.1) is 10.7 Å². The van der Waals surface area contributed by atoms with Gasteiger partial charge in [0.2, 0.25) is 0 Å². The maximum Gasteiger partial charge on any atom is 0.272 e. The second kappa shape index (κ2) is 7.61. The minimum atomic E-state index is -0.360. The SMILES string of the molecule is CSc1ncc2cc(C(=O)Nc3ccccc3Cl)n(-c3ccc(F)cc3)c2n1. The van der Waals surface area contributed by atoms with Gasteiger partial charge < -0.3 is 5.32 Å². The van der Waals surface area contributed by atoms with Gasteiger partial charge in [-0.2, -0.15) is 0 Å². The molecule has 28 heavy (non-hydrogen) atoms. The van der Waals surface area contributed by atoms with Crippen molar-refractivity contribution >= 4 is 46.0 Å². The van der Waals surface area contributed by atoms with Gasteiger partial charge in [0, 0.05) is 17.3 Å². The second-order valence-corrected chi connectivity index (χ2v) is 7.09. The summed E-state index contributed by atoms with van der Waals surface area (Å²) < 4.78 is 15.1. The molecule has 0 radical (unpaired) electrons. The van der Waals surface area contributed by atoms with Crippen LogP contribution < -0.4 is 5.32 Å². The van der Waals surface area contributed by atoms with Crippen molar-refractivity contribution in [1.29, 1.82) is 0 Å². The minimum Gasteiger partial charge on any atom is -0.319 e. The summed E-state index contributed by atoms with van der Waals surface area (Å²) in [7, 11) is 0. The number of carbonyl (C=O) groups excluding carboxylic acids is 1. The summed E-state index contributed by atoms with van der Waals surface area (Å²) in [6.45, 7) is 0. The van der Waals surface area contributed by atoms with E-state index in [1.54, 1.807) is 53.2 Å². The fraction of sp³-hybridized carbons (Fsp3) is 0.0500. The molecule has 0 saturated carbocycles. The highest BCUT2D eigenvalue weighted by molar-refractivity contribution is 7.98. The van der Waals surface area contributed by atoms with Gasteiger partial charge in [-0.05, 0) is 48.7 Å². The van der Waals surface area contributed by atoms with Crippen LogP contribution in [0.25, 0.3) is 16.7 Å². The Hall–Kier alpha value is -2.90. The fourth-order valence-electron chi connectivity index (χ4n) is 2.84. The van der Waals surface area contributed by atoms with Crippen LogP contribution in [-0.2, 0) is 0 Å². The van der Waals surface area contributed by atoms with Crippen LogP contribution >= 0.6 is 23.4 Å². The zero-order valence-corrected chi connectivity index (χ0v) is 16.3. The molecule has 4 aromatic rings. The Bertz CT molecular complexity index is 1180. The summed E-state index contributed by atoms with van der Waals surface area (Å²) in [6.07, 6.45) is 3.54. The van der Waals surface area contributed by atoms with E-state index in [9.17, 15) is 9.18 Å². The predicted octanol–water partition coefficient (Wildman–Crippen LogP) is 5.19. The highest BCUT2D eigenvalue weighted by Crippen LogP contribution is 2.27. The molecular formula is C20H14ClFN4OS. The van der Waals surface area contributed by atoms with Gasteiger partial charge in [0.25, 0.3) is 5.91 Å². The van der Waals surface area contributed by atoms with E-state index in [1.807, 2.05) is 6.26 Å². The molecule has 0 aliphatic carbocycles. The number of benzene rings is 2. The highest BCUT2D eigenvalue weighted by Gasteiger charge is 2.19. The molecule has 0 saturated heterocycles. The van der Waals surface area contributed by atoms with Crippen molar-refractivity contribution in [2.24, 2.45) is 0 Å². The Morgan fingerprint density at radius 1 is 1.18 bits per heavy atom. The molecule has 2 heterocycles. The number of para-hydroxylation sites is 1. The lowest BCUT2D eigenvalue weighted by molar-refractivity contribution is 0.102. The van der Waals surface area contributed by atoms with Crippen molar-refractivity contribution in [2.45, 2.75) is 5.16 Å². The van der Waals surface area contributed by atoms with Gasteiger partial charge in [-0.1, -0.05) is 35.5 Å². The van der Waals surface area contributed by atoms with Crippen molar-refractivity contribution in [3.63, 3.8) is 0 Å². The molecule has 0 fully saturated rings. The number of nitrogens with zero attached hydrogens (tertiary/aromatic N) is 3. The van der Waals surface area contributed by atoms with Crippen LogP contribution in [0.5, 0.6) is 0 Å². The molecule has 2 aromatic carbocycles. The smallest absolute Gasteiger partial charge is 0.272 e. The lowest BCUT2D eigenvalue weighted by atomic mass is 10.2. The first-order valence-electron chi connectivity index (χ1n) is 8.31. The van der Waals surface area contributed by atoms with Crippen LogP contribution in [0.4, 0.5) is 10.1 Å². The summed E-state index contributed by atoms with van der Waals surface area (Å²) in [4.78, 5) is 21.8. The molecule has 0 unspecified atom stereocenters. The lowest BCUT2D eigenvalue weighted by Crippen LogP contribution is -2.16. The molecule has 0 aliphatic heterocycles.